The maximum atomic E-state index is 13.7. The van der Waals surface area contributed by atoms with Gasteiger partial charge in [0.15, 0.2) is 17.1 Å². The molecule has 2 saturated heterocycles. The molecule has 1 N–H and O–H groups in total. The normalized spacial score (nSPS) is 59.4. The Balaban J connectivity index is 1.42. The van der Waals surface area contributed by atoms with Gasteiger partial charge in [0, 0.05) is 23.7 Å². The summed E-state index contributed by atoms with van der Waals surface area (Å²) in [4.78, 5) is 26.6. The molecule has 0 aromatic rings. The summed E-state index contributed by atoms with van der Waals surface area (Å²) in [7, 11) is 0. The van der Waals surface area contributed by atoms with Crippen molar-refractivity contribution in [3.05, 3.63) is 23.5 Å². The zero-order valence-electron chi connectivity index (χ0n) is 21.2. The van der Waals surface area contributed by atoms with Crippen LogP contribution in [-0.4, -0.2) is 34.7 Å². The number of carbonyl (C=O) groups excluding carboxylic acids is 2. The van der Waals surface area contributed by atoms with Crippen LogP contribution in [0.25, 0.3) is 0 Å². The van der Waals surface area contributed by atoms with Gasteiger partial charge in [0.1, 0.15) is 6.10 Å². The molecule has 5 nitrogen and oxygen atoms in total. The number of hydrogen-bond acceptors (Lipinski definition) is 5. The number of rotatable bonds is 0. The monoisotopic (exact) mass is 466 g/mol. The zero-order chi connectivity index (χ0) is 24.2. The summed E-state index contributed by atoms with van der Waals surface area (Å²) in [6.07, 6.45) is 5.81. The third-order valence-corrected chi connectivity index (χ3v) is 13.1. The largest absolute Gasteiger partial charge is 0.504 e. The highest BCUT2D eigenvalue weighted by Gasteiger charge is 2.89. The van der Waals surface area contributed by atoms with Gasteiger partial charge in [0.2, 0.25) is 0 Å². The molecule has 0 amide bonds. The Morgan fingerprint density at radius 3 is 2.53 bits per heavy atom. The molecule has 4 saturated carbocycles. The predicted octanol–water partition coefficient (Wildman–Crippen LogP) is 5.30. The van der Waals surface area contributed by atoms with Crippen molar-refractivity contribution in [3.63, 3.8) is 0 Å². The Hall–Kier alpha value is -1.62. The highest BCUT2D eigenvalue weighted by molar-refractivity contribution is 5.95. The number of Topliss-reactive ketones (excluding diaryl/α,β-unsaturated/α-hetero) is 1. The maximum Gasteiger partial charge on any atom is 0.313 e. The van der Waals surface area contributed by atoms with Gasteiger partial charge in [-0.1, -0.05) is 39.8 Å². The minimum absolute atomic E-state index is 0.00388. The zero-order valence-corrected chi connectivity index (χ0v) is 21.2. The van der Waals surface area contributed by atoms with Gasteiger partial charge in [-0.15, -0.1) is 0 Å². The van der Waals surface area contributed by atoms with Crippen LogP contribution in [0.5, 0.6) is 0 Å². The summed E-state index contributed by atoms with van der Waals surface area (Å²) >= 11 is 0. The molecular formula is C29H38O5. The molecule has 2 bridgehead atoms. The van der Waals surface area contributed by atoms with E-state index in [4.69, 9.17) is 9.47 Å². The summed E-state index contributed by atoms with van der Waals surface area (Å²) in [6.45, 7) is 15.7. The first kappa shape index (κ1) is 21.6. The van der Waals surface area contributed by atoms with Gasteiger partial charge >= 0.3 is 5.97 Å². The first-order valence-corrected chi connectivity index (χ1v) is 13.4. The van der Waals surface area contributed by atoms with E-state index in [1.54, 1.807) is 0 Å². The van der Waals surface area contributed by atoms with E-state index < -0.39 is 11.0 Å². The van der Waals surface area contributed by atoms with Gasteiger partial charge < -0.3 is 14.6 Å². The van der Waals surface area contributed by atoms with Crippen LogP contribution in [0.2, 0.25) is 0 Å². The van der Waals surface area contributed by atoms with E-state index in [1.165, 1.54) is 5.57 Å². The minimum Gasteiger partial charge on any atom is -0.504 e. The fourth-order valence-corrected chi connectivity index (χ4v) is 11.3. The van der Waals surface area contributed by atoms with Gasteiger partial charge in [0.25, 0.3) is 0 Å². The molecule has 7 aliphatic rings. The highest BCUT2D eigenvalue weighted by Crippen LogP contribution is 2.83. The summed E-state index contributed by atoms with van der Waals surface area (Å²) < 4.78 is 13.4. The van der Waals surface area contributed by atoms with Gasteiger partial charge in [-0.3, -0.25) is 9.59 Å². The van der Waals surface area contributed by atoms with Crippen LogP contribution >= 0.6 is 0 Å². The fourth-order valence-electron chi connectivity index (χ4n) is 11.3. The quantitative estimate of drug-likeness (QED) is 0.298. The van der Waals surface area contributed by atoms with Crippen molar-refractivity contribution in [1.82, 2.24) is 0 Å². The molecule has 6 fully saturated rings. The predicted molar refractivity (Wildman–Crippen MR) is 126 cm³/mol. The molecule has 2 aliphatic heterocycles. The first-order chi connectivity index (χ1) is 15.9. The number of ether oxygens (including phenoxy) is 2. The molecule has 1 spiro atoms. The van der Waals surface area contributed by atoms with Gasteiger partial charge in [-0.05, 0) is 73.7 Å². The Bertz CT molecular complexity index is 1110. The van der Waals surface area contributed by atoms with Crippen molar-refractivity contribution in [3.8, 4) is 0 Å². The highest BCUT2D eigenvalue weighted by atomic mass is 16.6. The van der Waals surface area contributed by atoms with Crippen LogP contribution in [0.4, 0.5) is 0 Å². The van der Waals surface area contributed by atoms with Gasteiger partial charge in [0.05, 0.1) is 11.5 Å². The summed E-state index contributed by atoms with van der Waals surface area (Å²) in [5.74, 6) is 0.594. The minimum atomic E-state index is -0.615. The lowest BCUT2D eigenvalue weighted by molar-refractivity contribution is -0.256. The average molecular weight is 467 g/mol. The lowest BCUT2D eigenvalue weighted by Gasteiger charge is -2.70. The van der Waals surface area contributed by atoms with Crippen molar-refractivity contribution >= 4 is 11.8 Å². The number of epoxide rings is 1. The van der Waals surface area contributed by atoms with Crippen LogP contribution in [0.3, 0.4) is 0 Å². The number of carbonyl (C=O) groups is 2. The molecule has 2 heterocycles. The Morgan fingerprint density at radius 2 is 1.79 bits per heavy atom. The second-order valence-corrected chi connectivity index (χ2v) is 13.7. The van der Waals surface area contributed by atoms with Gasteiger partial charge in [-0.25, -0.2) is 0 Å². The van der Waals surface area contributed by atoms with Crippen LogP contribution in [-0.2, 0) is 19.1 Å². The number of allylic oxidation sites excluding steroid dienone is 3. The molecule has 34 heavy (non-hydrogen) atoms. The molecule has 5 heteroatoms. The fraction of sp³-hybridized carbons (Fsp3) is 0.793. The number of esters is 1. The maximum absolute atomic E-state index is 13.7. The Morgan fingerprint density at radius 1 is 1.06 bits per heavy atom. The van der Waals surface area contributed by atoms with E-state index in [1.807, 2.05) is 6.92 Å². The summed E-state index contributed by atoms with van der Waals surface area (Å²) in [6, 6.07) is 0. The van der Waals surface area contributed by atoms with E-state index in [9.17, 15) is 14.7 Å². The Labute approximate surface area is 202 Å². The van der Waals surface area contributed by atoms with Crippen molar-refractivity contribution in [2.45, 2.75) is 97.4 Å². The molecule has 0 aromatic heterocycles. The van der Waals surface area contributed by atoms with Crippen LogP contribution < -0.4 is 0 Å². The van der Waals surface area contributed by atoms with Crippen molar-refractivity contribution < 1.29 is 24.2 Å². The first-order valence-electron chi connectivity index (χ1n) is 13.4. The number of aliphatic hydroxyl groups is 1. The van der Waals surface area contributed by atoms with E-state index in [-0.39, 0.29) is 69.6 Å². The lowest BCUT2D eigenvalue weighted by atomic mass is 9.31. The number of ketones is 1. The molecule has 7 rings (SSSR count). The van der Waals surface area contributed by atoms with Crippen molar-refractivity contribution in [2.24, 2.45) is 45.3 Å². The van der Waals surface area contributed by atoms with Crippen molar-refractivity contribution in [2.75, 3.05) is 0 Å². The number of aliphatic hydroxyl groups excluding tert-OH is 1. The molecule has 184 valence electrons. The number of fused-ring (bicyclic) bond motifs is 6. The molecule has 0 aromatic carbocycles. The smallest absolute Gasteiger partial charge is 0.313 e. The standard InChI is InChI=1S/C29H38O5/c1-14-7-10-28-12-11-27(6)26(5)9-8-17-16(3)19(31)18(30)13-25(17,4)22(26)20-23(33-20)29(27,34-24(28)32)21(28)15(14)2/h15,17,20-23,31H,1,7-13H2,2-6H3. The molecular weight excluding hydrogens is 428 g/mol. The summed E-state index contributed by atoms with van der Waals surface area (Å²) in [5, 5.41) is 10.5. The third kappa shape index (κ3) is 1.90. The summed E-state index contributed by atoms with van der Waals surface area (Å²) in [5.41, 5.74) is 0.473. The lowest BCUT2D eigenvalue weighted by Crippen LogP contribution is -2.74. The van der Waals surface area contributed by atoms with Crippen molar-refractivity contribution in [1.29, 1.82) is 0 Å². The molecule has 11 unspecified atom stereocenters. The van der Waals surface area contributed by atoms with Crippen LogP contribution in [0, 0.1) is 45.3 Å². The van der Waals surface area contributed by atoms with E-state index >= 15 is 0 Å². The molecule has 11 atom stereocenters. The van der Waals surface area contributed by atoms with Crippen LogP contribution in [0.1, 0.15) is 79.6 Å². The molecule has 0 radical (unpaired) electrons. The SMILES string of the molecule is C=C1CCC23CCC4(C)C5(C)CCC6C(C)=C(O)C(=O)CC6(C)C5C5OC5C4(OC2=O)C3C1C. The van der Waals surface area contributed by atoms with E-state index in [2.05, 4.69) is 34.3 Å². The molecule has 5 aliphatic carbocycles. The van der Waals surface area contributed by atoms with Crippen LogP contribution in [0.15, 0.2) is 23.5 Å². The van der Waals surface area contributed by atoms with Gasteiger partial charge in [-0.2, -0.15) is 0 Å². The average Bonchev–Trinajstić information content (AvgIpc) is 3.52. The second kappa shape index (κ2) is 5.85. The topological polar surface area (TPSA) is 76.1 Å². The Kier molecular flexibility index (Phi) is 3.72. The number of hydrogen-bond donors (Lipinski definition) is 1. The third-order valence-electron chi connectivity index (χ3n) is 13.1. The van der Waals surface area contributed by atoms with E-state index in [0.717, 1.165) is 44.1 Å². The van der Waals surface area contributed by atoms with E-state index in [0.29, 0.717) is 6.42 Å². The second-order valence-electron chi connectivity index (χ2n) is 13.7.